The molecule has 19 heavy (non-hydrogen) atoms. The van der Waals surface area contributed by atoms with E-state index in [1.165, 1.54) is 0 Å². The van der Waals surface area contributed by atoms with Gasteiger partial charge >= 0.3 is 5.97 Å². The third-order valence-electron chi connectivity index (χ3n) is 3.71. The van der Waals surface area contributed by atoms with Gasteiger partial charge in [-0.15, -0.1) is 0 Å². The van der Waals surface area contributed by atoms with Crippen molar-refractivity contribution in [2.75, 3.05) is 11.9 Å². The molecule has 0 amide bonds. The van der Waals surface area contributed by atoms with Gasteiger partial charge in [0.2, 0.25) is 0 Å². The van der Waals surface area contributed by atoms with Crippen molar-refractivity contribution in [1.29, 1.82) is 0 Å². The summed E-state index contributed by atoms with van der Waals surface area (Å²) in [6, 6.07) is 7.52. The zero-order chi connectivity index (χ0) is 13.9. The van der Waals surface area contributed by atoms with Crippen molar-refractivity contribution in [2.24, 2.45) is 5.41 Å². The summed E-state index contributed by atoms with van der Waals surface area (Å²) in [7, 11) is 0. The second kappa shape index (κ2) is 5.87. The summed E-state index contributed by atoms with van der Waals surface area (Å²) in [6.45, 7) is 2.07. The van der Waals surface area contributed by atoms with E-state index in [1.54, 1.807) is 13.0 Å². The highest BCUT2D eigenvalue weighted by molar-refractivity contribution is 9.09. The van der Waals surface area contributed by atoms with E-state index in [2.05, 4.69) is 15.9 Å². The average molecular weight is 325 g/mol. The molecule has 4 heteroatoms. The molecule has 0 heterocycles. The van der Waals surface area contributed by atoms with Gasteiger partial charge in [-0.3, -0.25) is 9.59 Å². The number of fused-ring (bicyclic) bond motifs is 1. The first-order valence-electron chi connectivity index (χ1n) is 6.51. The van der Waals surface area contributed by atoms with Gasteiger partial charge in [-0.05, 0) is 31.7 Å². The number of ether oxygens (including phenoxy) is 1. The predicted molar refractivity (Wildman–Crippen MR) is 76.6 cm³/mol. The molecule has 0 fully saturated rings. The van der Waals surface area contributed by atoms with E-state index in [0.29, 0.717) is 30.3 Å². The van der Waals surface area contributed by atoms with E-state index in [9.17, 15) is 9.59 Å². The van der Waals surface area contributed by atoms with Gasteiger partial charge in [0.25, 0.3) is 0 Å². The van der Waals surface area contributed by atoms with E-state index >= 15 is 0 Å². The normalized spacial score (nSPS) is 21.9. The molecule has 1 aromatic rings. The minimum absolute atomic E-state index is 0.0905. The van der Waals surface area contributed by atoms with Gasteiger partial charge in [-0.2, -0.15) is 0 Å². The Morgan fingerprint density at radius 2 is 2.16 bits per heavy atom. The fourth-order valence-electron chi connectivity index (χ4n) is 2.65. The Bertz CT molecular complexity index is 498. The zero-order valence-electron chi connectivity index (χ0n) is 10.9. The van der Waals surface area contributed by atoms with Crippen LogP contribution >= 0.6 is 15.9 Å². The average Bonchev–Trinajstić information content (AvgIpc) is 2.43. The van der Waals surface area contributed by atoms with Crippen LogP contribution in [0.15, 0.2) is 24.3 Å². The smallest absolute Gasteiger partial charge is 0.320 e. The molecule has 0 saturated carbocycles. The summed E-state index contributed by atoms with van der Waals surface area (Å²) in [6.07, 6.45) is 1.76. The summed E-state index contributed by atoms with van der Waals surface area (Å²) >= 11 is 3.35. The number of benzene rings is 1. The molecule has 0 aliphatic heterocycles. The first-order valence-corrected chi connectivity index (χ1v) is 7.63. The zero-order valence-corrected chi connectivity index (χ0v) is 12.5. The fraction of sp³-hybridized carbons (Fsp3) is 0.467. The molecule has 2 rings (SSSR count). The van der Waals surface area contributed by atoms with Crippen molar-refractivity contribution in [3.8, 4) is 0 Å². The van der Waals surface area contributed by atoms with E-state index < -0.39 is 5.41 Å². The second-order valence-corrected chi connectivity index (χ2v) is 5.52. The van der Waals surface area contributed by atoms with Crippen LogP contribution < -0.4 is 0 Å². The van der Waals surface area contributed by atoms with Crippen LogP contribution in [0.2, 0.25) is 0 Å². The molecule has 0 saturated heterocycles. The first-order chi connectivity index (χ1) is 9.15. The molecule has 1 aliphatic rings. The van der Waals surface area contributed by atoms with Crippen LogP contribution in [0.25, 0.3) is 0 Å². The quantitative estimate of drug-likeness (QED) is 0.485. The number of hydrogen-bond acceptors (Lipinski definition) is 3. The monoisotopic (exact) mass is 324 g/mol. The Hall–Kier alpha value is -1.16. The van der Waals surface area contributed by atoms with E-state index in [1.807, 2.05) is 18.2 Å². The van der Waals surface area contributed by atoms with E-state index in [0.717, 1.165) is 12.0 Å². The minimum atomic E-state index is -1.01. The molecular formula is C15H17BrO3. The molecule has 1 aromatic carbocycles. The number of carbonyl (C=O) groups is 2. The van der Waals surface area contributed by atoms with Gasteiger partial charge in [0.1, 0.15) is 5.41 Å². The number of halogens is 1. The Morgan fingerprint density at radius 1 is 1.42 bits per heavy atom. The van der Waals surface area contributed by atoms with Crippen LogP contribution in [-0.4, -0.2) is 23.7 Å². The lowest BCUT2D eigenvalue weighted by Gasteiger charge is -2.34. The van der Waals surface area contributed by atoms with Gasteiger partial charge in [-0.25, -0.2) is 0 Å². The molecule has 0 spiro atoms. The maximum absolute atomic E-state index is 12.7. The second-order valence-electron chi connectivity index (χ2n) is 4.73. The number of rotatable bonds is 4. The molecule has 1 unspecified atom stereocenters. The van der Waals surface area contributed by atoms with Gasteiger partial charge < -0.3 is 4.74 Å². The highest BCUT2D eigenvalue weighted by atomic mass is 79.9. The van der Waals surface area contributed by atoms with Crippen LogP contribution in [0.4, 0.5) is 0 Å². The van der Waals surface area contributed by atoms with Crippen molar-refractivity contribution < 1.29 is 14.3 Å². The number of Topliss-reactive ketones (excluding diaryl/α,β-unsaturated/α-hetero) is 1. The van der Waals surface area contributed by atoms with Crippen LogP contribution in [0, 0.1) is 5.41 Å². The molecule has 1 aliphatic carbocycles. The van der Waals surface area contributed by atoms with Crippen molar-refractivity contribution in [2.45, 2.75) is 26.2 Å². The minimum Gasteiger partial charge on any atom is -0.465 e. The van der Waals surface area contributed by atoms with Crippen molar-refractivity contribution in [1.82, 2.24) is 0 Å². The highest BCUT2D eigenvalue weighted by Gasteiger charge is 2.49. The number of carbonyl (C=O) groups excluding carboxylic acids is 2. The van der Waals surface area contributed by atoms with Crippen LogP contribution in [0.5, 0.6) is 0 Å². The maximum atomic E-state index is 12.7. The van der Waals surface area contributed by atoms with E-state index in [-0.39, 0.29) is 11.8 Å². The summed E-state index contributed by atoms with van der Waals surface area (Å²) in [5, 5.41) is 0.611. The standard InChI is InChI=1S/C15H17BrO3/c1-2-19-14(18)15(9-10-16)8-7-11-5-3-4-6-12(11)13(15)17/h3-6H,2,7-10H2,1H3. The summed E-state index contributed by atoms with van der Waals surface area (Å²) in [5.74, 6) is -0.471. The third kappa shape index (κ3) is 2.46. The highest BCUT2D eigenvalue weighted by Crippen LogP contribution is 2.39. The third-order valence-corrected chi connectivity index (χ3v) is 4.10. The van der Waals surface area contributed by atoms with Crippen LogP contribution in [-0.2, 0) is 16.0 Å². The summed E-state index contributed by atoms with van der Waals surface area (Å²) in [5.41, 5.74) is 0.693. The molecule has 0 bridgehead atoms. The first kappa shape index (κ1) is 14.3. The Labute approximate surface area is 121 Å². The lowest BCUT2D eigenvalue weighted by Crippen LogP contribution is -2.44. The van der Waals surface area contributed by atoms with Crippen LogP contribution in [0.3, 0.4) is 0 Å². The maximum Gasteiger partial charge on any atom is 0.320 e. The number of ketones is 1. The number of esters is 1. The van der Waals surface area contributed by atoms with E-state index in [4.69, 9.17) is 4.74 Å². The lowest BCUT2D eigenvalue weighted by atomic mass is 9.69. The summed E-state index contributed by atoms with van der Waals surface area (Å²) in [4.78, 5) is 25.0. The van der Waals surface area contributed by atoms with Gasteiger partial charge in [0, 0.05) is 10.9 Å². The Morgan fingerprint density at radius 3 is 2.84 bits per heavy atom. The van der Waals surface area contributed by atoms with Gasteiger partial charge in [-0.1, -0.05) is 40.2 Å². The Kier molecular flexibility index (Phi) is 4.40. The molecule has 1 atom stereocenters. The summed E-state index contributed by atoms with van der Waals surface area (Å²) < 4.78 is 5.14. The van der Waals surface area contributed by atoms with Gasteiger partial charge in [0.05, 0.1) is 6.61 Å². The number of aryl methyl sites for hydroxylation is 1. The lowest BCUT2D eigenvalue weighted by molar-refractivity contribution is -0.153. The molecule has 0 radical (unpaired) electrons. The number of hydrogen-bond donors (Lipinski definition) is 0. The predicted octanol–water partition coefficient (Wildman–Crippen LogP) is 3.15. The molecule has 102 valence electrons. The SMILES string of the molecule is CCOC(=O)C1(CCBr)CCc2ccccc2C1=O. The molecule has 0 aromatic heterocycles. The van der Waals surface area contributed by atoms with Crippen LogP contribution in [0.1, 0.15) is 35.7 Å². The largest absolute Gasteiger partial charge is 0.465 e. The van der Waals surface area contributed by atoms with Crippen molar-refractivity contribution in [3.05, 3.63) is 35.4 Å². The molecule has 3 nitrogen and oxygen atoms in total. The molecular weight excluding hydrogens is 308 g/mol. The topological polar surface area (TPSA) is 43.4 Å². The molecule has 0 N–H and O–H groups in total. The Balaban J connectivity index is 2.42. The van der Waals surface area contributed by atoms with Gasteiger partial charge in [0.15, 0.2) is 5.78 Å². The van der Waals surface area contributed by atoms with Crippen molar-refractivity contribution >= 4 is 27.7 Å². The van der Waals surface area contributed by atoms with Crippen molar-refractivity contribution in [3.63, 3.8) is 0 Å². The fourth-order valence-corrected chi connectivity index (χ4v) is 3.32. The number of alkyl halides is 1.